The standard InChI is InChI=1S/C25H24N2O3S/c1-31(16-15-30-18-20-11-6-3-7-12-20)23-22(28)21-13-8-14-26-24(21)27(25(23)29)17-19-9-4-2-5-10-19/h2-14H,15-18H2,1H3. The van der Waals surface area contributed by atoms with Crippen LogP contribution in [0.15, 0.2) is 88.7 Å². The van der Waals surface area contributed by atoms with Gasteiger partial charge in [-0.1, -0.05) is 66.7 Å². The molecular formula is C25H24N2O3S. The molecule has 0 spiro atoms. The Morgan fingerprint density at radius 1 is 0.968 bits per heavy atom. The Hall–Kier alpha value is -3.09. The van der Waals surface area contributed by atoms with Crippen LogP contribution in [0.2, 0.25) is 0 Å². The van der Waals surface area contributed by atoms with Crippen LogP contribution in [0.1, 0.15) is 11.1 Å². The number of benzene rings is 2. The van der Waals surface area contributed by atoms with Gasteiger partial charge in [0.1, 0.15) is 17.7 Å². The van der Waals surface area contributed by atoms with Crippen LogP contribution in [-0.2, 0) is 28.8 Å². The molecule has 1 unspecified atom stereocenters. The smallest absolute Gasteiger partial charge is 0.307 e. The lowest BCUT2D eigenvalue weighted by molar-refractivity contribution is -0.270. The van der Waals surface area contributed by atoms with Crippen LogP contribution in [0.4, 0.5) is 0 Å². The minimum atomic E-state index is -0.537. The minimum Gasteiger partial charge on any atom is -0.868 e. The molecule has 4 rings (SSSR count). The Kier molecular flexibility index (Phi) is 6.70. The second-order valence-corrected chi connectivity index (χ2v) is 9.38. The Morgan fingerprint density at radius 2 is 1.65 bits per heavy atom. The van der Waals surface area contributed by atoms with Crippen molar-refractivity contribution in [3.8, 4) is 5.75 Å². The zero-order valence-electron chi connectivity index (χ0n) is 17.4. The molecule has 0 aliphatic heterocycles. The molecule has 0 radical (unpaired) electrons. The molecule has 0 saturated carbocycles. The third-order valence-electron chi connectivity index (χ3n) is 5.11. The summed E-state index contributed by atoms with van der Waals surface area (Å²) in [5.74, 6) is 0.403. The molecule has 5 nitrogen and oxygen atoms in total. The number of aromatic nitrogens is 2. The second kappa shape index (κ2) is 9.81. The maximum Gasteiger partial charge on any atom is 0.307 e. The van der Waals surface area contributed by atoms with Gasteiger partial charge in [-0.3, -0.25) is 9.36 Å². The second-order valence-electron chi connectivity index (χ2n) is 7.29. The van der Waals surface area contributed by atoms with E-state index >= 15 is 0 Å². The van der Waals surface area contributed by atoms with Crippen molar-refractivity contribution < 1.29 is 9.84 Å². The molecule has 4 aromatic rings. The maximum absolute atomic E-state index is 13.4. The fourth-order valence-corrected chi connectivity index (χ4v) is 4.90. The largest absolute Gasteiger partial charge is 0.868 e. The zero-order chi connectivity index (χ0) is 21.6. The van der Waals surface area contributed by atoms with Gasteiger partial charge in [0, 0.05) is 22.5 Å². The topological polar surface area (TPSA) is 67.2 Å². The van der Waals surface area contributed by atoms with Crippen LogP contribution < -0.4 is 10.7 Å². The summed E-state index contributed by atoms with van der Waals surface area (Å²) >= 11 is 0. The summed E-state index contributed by atoms with van der Waals surface area (Å²) in [6.07, 6.45) is 3.56. The van der Waals surface area contributed by atoms with E-state index in [4.69, 9.17) is 4.74 Å². The first-order valence-corrected chi connectivity index (χ1v) is 11.9. The number of fused-ring (bicyclic) bond motifs is 1. The molecule has 0 bridgehead atoms. The number of nitrogens with zero attached hydrogens (tertiary/aromatic N) is 2. The van der Waals surface area contributed by atoms with E-state index in [1.807, 2.05) is 66.9 Å². The molecule has 1 atom stereocenters. The predicted molar refractivity (Wildman–Crippen MR) is 124 cm³/mol. The summed E-state index contributed by atoms with van der Waals surface area (Å²) in [6.45, 7) is 1.38. The third kappa shape index (κ3) is 4.81. The van der Waals surface area contributed by atoms with E-state index in [1.165, 1.54) is 0 Å². The van der Waals surface area contributed by atoms with E-state index in [-0.39, 0.29) is 11.3 Å². The maximum atomic E-state index is 13.4. The number of ether oxygens (including phenoxy) is 1. The van der Waals surface area contributed by atoms with Gasteiger partial charge in [-0.25, -0.2) is 4.98 Å². The van der Waals surface area contributed by atoms with Crippen LogP contribution in [0, 0.1) is 0 Å². The molecule has 31 heavy (non-hydrogen) atoms. The first-order chi connectivity index (χ1) is 15.1. The van der Waals surface area contributed by atoms with Crippen molar-refractivity contribution in [2.24, 2.45) is 0 Å². The van der Waals surface area contributed by atoms with Crippen molar-refractivity contribution in [3.05, 3.63) is 100 Å². The summed E-state index contributed by atoms with van der Waals surface area (Å²) in [7, 11) is -0.537. The Morgan fingerprint density at radius 3 is 2.35 bits per heavy atom. The summed E-state index contributed by atoms with van der Waals surface area (Å²) in [5.41, 5.74) is 2.27. The zero-order valence-corrected chi connectivity index (χ0v) is 18.2. The van der Waals surface area contributed by atoms with Gasteiger partial charge in [0.15, 0.2) is 0 Å². The van der Waals surface area contributed by atoms with E-state index in [2.05, 4.69) is 4.98 Å². The van der Waals surface area contributed by atoms with Crippen LogP contribution in [0.3, 0.4) is 0 Å². The first-order valence-electron chi connectivity index (χ1n) is 10.1. The number of rotatable bonds is 8. The fraction of sp³-hybridized carbons (Fsp3) is 0.200. The van der Waals surface area contributed by atoms with E-state index in [0.717, 1.165) is 11.1 Å². The Labute approximate surface area is 184 Å². The van der Waals surface area contributed by atoms with Crippen LogP contribution in [-0.4, -0.2) is 28.2 Å². The normalized spacial score (nSPS) is 12.2. The molecule has 6 heteroatoms. The molecule has 2 heterocycles. The van der Waals surface area contributed by atoms with Crippen molar-refractivity contribution in [2.75, 3.05) is 18.6 Å². The van der Waals surface area contributed by atoms with Gasteiger partial charge in [0.2, 0.25) is 4.90 Å². The number of hydrogen-bond acceptors (Lipinski definition) is 4. The minimum absolute atomic E-state index is 0.216. The van der Waals surface area contributed by atoms with Gasteiger partial charge in [-0.15, -0.1) is 0 Å². The van der Waals surface area contributed by atoms with Gasteiger partial charge >= 0.3 is 5.56 Å². The lowest BCUT2D eigenvalue weighted by Gasteiger charge is -2.18. The van der Waals surface area contributed by atoms with E-state index in [1.54, 1.807) is 22.9 Å². The molecule has 0 aliphatic rings. The molecule has 2 aromatic heterocycles. The molecule has 0 aliphatic carbocycles. The number of hydrogen-bond donors (Lipinski definition) is 0. The van der Waals surface area contributed by atoms with Crippen molar-refractivity contribution in [3.63, 3.8) is 0 Å². The van der Waals surface area contributed by atoms with Crippen LogP contribution >= 0.6 is 0 Å². The molecule has 0 saturated heterocycles. The predicted octanol–water partition coefficient (Wildman–Crippen LogP) is 3.34. The first kappa shape index (κ1) is 21.2. The highest BCUT2D eigenvalue weighted by molar-refractivity contribution is 7.96. The van der Waals surface area contributed by atoms with Crippen LogP contribution in [0.25, 0.3) is 11.0 Å². The summed E-state index contributed by atoms with van der Waals surface area (Å²) in [4.78, 5) is 18.1. The monoisotopic (exact) mass is 432 g/mol. The molecule has 158 valence electrons. The SMILES string of the molecule is C[S+](CCOCc1ccccc1)c1c([O-])c2cccnc2n(Cc2ccccc2)c1=O. The van der Waals surface area contributed by atoms with Crippen molar-refractivity contribution in [2.45, 2.75) is 18.0 Å². The number of pyridine rings is 2. The van der Waals surface area contributed by atoms with Crippen molar-refractivity contribution in [1.82, 2.24) is 9.55 Å². The van der Waals surface area contributed by atoms with E-state index in [0.29, 0.717) is 41.4 Å². The molecular weight excluding hydrogens is 408 g/mol. The van der Waals surface area contributed by atoms with E-state index in [9.17, 15) is 9.90 Å². The quantitative estimate of drug-likeness (QED) is 0.316. The lowest BCUT2D eigenvalue weighted by Crippen LogP contribution is -2.30. The molecule has 0 amide bonds. The lowest BCUT2D eigenvalue weighted by atomic mass is 10.2. The molecule has 0 N–H and O–H groups in total. The van der Waals surface area contributed by atoms with Gasteiger partial charge in [0.05, 0.1) is 19.8 Å². The summed E-state index contributed by atoms with van der Waals surface area (Å²) in [5, 5.41) is 13.6. The van der Waals surface area contributed by atoms with Crippen LogP contribution in [0.5, 0.6) is 5.75 Å². The van der Waals surface area contributed by atoms with Gasteiger partial charge in [-0.2, -0.15) is 0 Å². The van der Waals surface area contributed by atoms with Crippen molar-refractivity contribution >= 4 is 21.9 Å². The summed E-state index contributed by atoms with van der Waals surface area (Å²) < 4.78 is 7.41. The fourth-order valence-electron chi connectivity index (χ4n) is 3.50. The average Bonchev–Trinajstić information content (AvgIpc) is 2.81. The van der Waals surface area contributed by atoms with Gasteiger partial charge in [0.25, 0.3) is 0 Å². The highest BCUT2D eigenvalue weighted by Crippen LogP contribution is 2.27. The Balaban J connectivity index is 1.60. The van der Waals surface area contributed by atoms with E-state index < -0.39 is 10.9 Å². The average molecular weight is 433 g/mol. The molecule has 2 aromatic carbocycles. The van der Waals surface area contributed by atoms with Gasteiger partial charge in [-0.05, 0) is 22.9 Å². The highest BCUT2D eigenvalue weighted by Gasteiger charge is 2.25. The molecule has 0 fully saturated rings. The Bertz CT molecular complexity index is 1210. The third-order valence-corrected chi connectivity index (χ3v) is 6.95. The summed E-state index contributed by atoms with van der Waals surface area (Å²) in [6, 6.07) is 23.2. The van der Waals surface area contributed by atoms with Gasteiger partial charge < -0.3 is 9.84 Å². The highest BCUT2D eigenvalue weighted by atomic mass is 32.2. The van der Waals surface area contributed by atoms with Crippen molar-refractivity contribution in [1.29, 1.82) is 0 Å².